The number of carbonyl (C=O) groups is 2. The standard InChI is InChI=1S/C15H20N2O2/c1-10(2)4-5-11-6-8-12(9-7-11)15(3)13(18)16-14(19)17-15/h6-10H,4-5H2,1-3H3,(H2,16,17,18,19)/t15-/m0/s1. The van der Waals surface area contributed by atoms with Crippen LogP contribution in [0.25, 0.3) is 0 Å². The highest BCUT2D eigenvalue weighted by Crippen LogP contribution is 2.24. The third-order valence-electron chi connectivity index (χ3n) is 3.59. The summed E-state index contributed by atoms with van der Waals surface area (Å²) in [5.41, 5.74) is 1.11. The Morgan fingerprint density at radius 2 is 1.79 bits per heavy atom. The third-order valence-corrected chi connectivity index (χ3v) is 3.59. The van der Waals surface area contributed by atoms with Crippen LogP contribution in [-0.4, -0.2) is 11.9 Å². The summed E-state index contributed by atoms with van der Waals surface area (Å²) in [7, 11) is 0. The van der Waals surface area contributed by atoms with Gasteiger partial charge in [-0.3, -0.25) is 10.1 Å². The lowest BCUT2D eigenvalue weighted by Crippen LogP contribution is -2.40. The Bertz CT molecular complexity index is 493. The molecule has 3 amide bonds. The number of hydrogen-bond donors (Lipinski definition) is 2. The number of aryl methyl sites for hydroxylation is 1. The highest BCUT2D eigenvalue weighted by molar-refractivity contribution is 6.07. The fourth-order valence-electron chi connectivity index (χ4n) is 2.21. The molecule has 1 aliphatic heterocycles. The van der Waals surface area contributed by atoms with Crippen molar-refractivity contribution < 1.29 is 9.59 Å². The summed E-state index contributed by atoms with van der Waals surface area (Å²) < 4.78 is 0. The maximum absolute atomic E-state index is 11.8. The summed E-state index contributed by atoms with van der Waals surface area (Å²) >= 11 is 0. The van der Waals surface area contributed by atoms with E-state index in [-0.39, 0.29) is 5.91 Å². The molecular weight excluding hydrogens is 240 g/mol. The van der Waals surface area contributed by atoms with E-state index in [0.29, 0.717) is 5.92 Å². The van der Waals surface area contributed by atoms with Gasteiger partial charge in [0.2, 0.25) is 0 Å². The molecule has 1 aliphatic rings. The van der Waals surface area contributed by atoms with Crippen LogP contribution in [-0.2, 0) is 16.8 Å². The zero-order valence-electron chi connectivity index (χ0n) is 11.6. The Morgan fingerprint density at radius 3 is 2.26 bits per heavy atom. The van der Waals surface area contributed by atoms with Crippen LogP contribution in [0, 0.1) is 5.92 Å². The predicted molar refractivity (Wildman–Crippen MR) is 73.6 cm³/mol. The predicted octanol–water partition coefficient (Wildman–Crippen LogP) is 2.33. The van der Waals surface area contributed by atoms with Gasteiger partial charge in [-0.05, 0) is 36.8 Å². The van der Waals surface area contributed by atoms with E-state index in [1.165, 1.54) is 5.56 Å². The summed E-state index contributed by atoms with van der Waals surface area (Å²) in [6.45, 7) is 6.12. The van der Waals surface area contributed by atoms with Crippen LogP contribution < -0.4 is 10.6 Å². The molecule has 1 aromatic rings. The second kappa shape index (κ2) is 5.03. The van der Waals surface area contributed by atoms with Crippen LogP contribution in [0.4, 0.5) is 4.79 Å². The molecule has 2 N–H and O–H groups in total. The van der Waals surface area contributed by atoms with E-state index in [1.54, 1.807) is 6.92 Å². The molecular formula is C15H20N2O2. The second-order valence-corrected chi connectivity index (χ2v) is 5.66. The van der Waals surface area contributed by atoms with Gasteiger partial charge in [0.25, 0.3) is 5.91 Å². The zero-order valence-corrected chi connectivity index (χ0v) is 11.6. The Balaban J connectivity index is 2.14. The molecule has 1 aromatic carbocycles. The first-order valence-electron chi connectivity index (χ1n) is 6.65. The summed E-state index contributed by atoms with van der Waals surface area (Å²) in [4.78, 5) is 23.1. The fraction of sp³-hybridized carbons (Fsp3) is 0.467. The molecule has 102 valence electrons. The Labute approximate surface area is 113 Å². The van der Waals surface area contributed by atoms with Gasteiger partial charge in [-0.1, -0.05) is 38.1 Å². The maximum atomic E-state index is 11.8. The molecule has 1 fully saturated rings. The van der Waals surface area contributed by atoms with Gasteiger partial charge in [-0.25, -0.2) is 4.79 Å². The molecule has 2 rings (SSSR count). The number of amides is 3. The van der Waals surface area contributed by atoms with Gasteiger partial charge in [0.05, 0.1) is 0 Å². The molecule has 4 heteroatoms. The van der Waals surface area contributed by atoms with Crippen LogP contribution in [0.15, 0.2) is 24.3 Å². The maximum Gasteiger partial charge on any atom is 0.322 e. The minimum Gasteiger partial charge on any atom is -0.320 e. The van der Waals surface area contributed by atoms with E-state index in [2.05, 4.69) is 24.5 Å². The number of rotatable bonds is 4. The molecule has 0 saturated carbocycles. The molecule has 19 heavy (non-hydrogen) atoms. The summed E-state index contributed by atoms with van der Waals surface area (Å²) in [6, 6.07) is 7.46. The largest absolute Gasteiger partial charge is 0.322 e. The number of hydrogen-bond acceptors (Lipinski definition) is 2. The lowest BCUT2D eigenvalue weighted by Gasteiger charge is -2.21. The van der Waals surface area contributed by atoms with Crippen molar-refractivity contribution in [1.82, 2.24) is 10.6 Å². The van der Waals surface area contributed by atoms with E-state index in [0.717, 1.165) is 18.4 Å². The van der Waals surface area contributed by atoms with E-state index < -0.39 is 11.6 Å². The van der Waals surface area contributed by atoms with E-state index in [4.69, 9.17) is 0 Å². The van der Waals surface area contributed by atoms with Crippen LogP contribution in [0.5, 0.6) is 0 Å². The van der Waals surface area contributed by atoms with Gasteiger partial charge in [0.1, 0.15) is 5.54 Å². The second-order valence-electron chi connectivity index (χ2n) is 5.66. The van der Waals surface area contributed by atoms with Crippen LogP contribution in [0.1, 0.15) is 38.3 Å². The van der Waals surface area contributed by atoms with Crippen molar-refractivity contribution in [2.45, 2.75) is 39.2 Å². The van der Waals surface area contributed by atoms with Crippen molar-refractivity contribution in [2.75, 3.05) is 0 Å². The average Bonchev–Trinajstić information content (AvgIpc) is 2.62. The van der Waals surface area contributed by atoms with Crippen LogP contribution in [0.3, 0.4) is 0 Å². The number of benzene rings is 1. The molecule has 0 bridgehead atoms. The molecule has 1 atom stereocenters. The van der Waals surface area contributed by atoms with E-state index in [1.807, 2.05) is 24.3 Å². The first-order valence-corrected chi connectivity index (χ1v) is 6.65. The average molecular weight is 260 g/mol. The molecule has 0 unspecified atom stereocenters. The number of nitrogens with one attached hydrogen (secondary N) is 2. The SMILES string of the molecule is CC(C)CCc1ccc([C@]2(C)NC(=O)NC2=O)cc1. The van der Waals surface area contributed by atoms with E-state index in [9.17, 15) is 9.59 Å². The highest BCUT2D eigenvalue weighted by Gasteiger charge is 2.43. The van der Waals surface area contributed by atoms with Crippen LogP contribution >= 0.6 is 0 Å². The van der Waals surface area contributed by atoms with Gasteiger partial charge in [0.15, 0.2) is 0 Å². The Kier molecular flexibility index (Phi) is 3.60. The quantitative estimate of drug-likeness (QED) is 0.816. The fourth-order valence-corrected chi connectivity index (χ4v) is 2.21. The summed E-state index contributed by atoms with van der Waals surface area (Å²) in [5.74, 6) is 0.379. The molecule has 0 spiro atoms. The molecule has 0 radical (unpaired) electrons. The van der Waals surface area contributed by atoms with E-state index >= 15 is 0 Å². The zero-order chi connectivity index (χ0) is 14.0. The Morgan fingerprint density at radius 1 is 1.16 bits per heavy atom. The monoisotopic (exact) mass is 260 g/mol. The van der Waals surface area contributed by atoms with Gasteiger partial charge >= 0.3 is 6.03 Å². The smallest absolute Gasteiger partial charge is 0.320 e. The number of carbonyl (C=O) groups excluding carboxylic acids is 2. The van der Waals surface area contributed by atoms with Crippen molar-refractivity contribution in [2.24, 2.45) is 5.92 Å². The number of imide groups is 1. The minimum atomic E-state index is -0.951. The van der Waals surface area contributed by atoms with Crippen molar-refractivity contribution >= 4 is 11.9 Å². The van der Waals surface area contributed by atoms with Gasteiger partial charge in [0, 0.05) is 0 Å². The Hall–Kier alpha value is -1.84. The lowest BCUT2D eigenvalue weighted by atomic mass is 9.91. The lowest BCUT2D eigenvalue weighted by molar-refractivity contribution is -0.123. The molecule has 1 heterocycles. The van der Waals surface area contributed by atoms with Gasteiger partial charge in [-0.2, -0.15) is 0 Å². The number of urea groups is 1. The highest BCUT2D eigenvalue weighted by atomic mass is 16.2. The molecule has 0 aromatic heterocycles. The van der Waals surface area contributed by atoms with Crippen molar-refractivity contribution in [3.63, 3.8) is 0 Å². The van der Waals surface area contributed by atoms with Crippen molar-refractivity contribution in [1.29, 1.82) is 0 Å². The molecule has 4 nitrogen and oxygen atoms in total. The first-order chi connectivity index (χ1) is 8.91. The first kappa shape index (κ1) is 13.6. The van der Waals surface area contributed by atoms with Crippen molar-refractivity contribution in [3.8, 4) is 0 Å². The molecule has 1 saturated heterocycles. The third kappa shape index (κ3) is 2.78. The minimum absolute atomic E-state index is 0.299. The summed E-state index contributed by atoms with van der Waals surface area (Å²) in [5, 5.41) is 4.94. The van der Waals surface area contributed by atoms with Crippen LogP contribution in [0.2, 0.25) is 0 Å². The van der Waals surface area contributed by atoms with Gasteiger partial charge < -0.3 is 5.32 Å². The van der Waals surface area contributed by atoms with Gasteiger partial charge in [-0.15, -0.1) is 0 Å². The topological polar surface area (TPSA) is 58.2 Å². The molecule has 0 aliphatic carbocycles. The normalized spacial score (nSPS) is 22.5. The summed E-state index contributed by atoms with van der Waals surface area (Å²) in [6.07, 6.45) is 2.18. The van der Waals surface area contributed by atoms with Crippen molar-refractivity contribution in [3.05, 3.63) is 35.4 Å².